The Bertz CT molecular complexity index is 276. The average molecular weight is 286 g/mol. The van der Waals surface area contributed by atoms with Crippen LogP contribution in [-0.2, 0) is 9.53 Å². The Hall–Kier alpha value is -0.650. The normalized spacial score (nSPS) is 19.2. The van der Waals surface area contributed by atoms with Gasteiger partial charge in [0.05, 0.1) is 25.4 Å². The fraction of sp³-hybridized carbons (Fsp3) is 0.933. The van der Waals surface area contributed by atoms with E-state index in [0.717, 1.165) is 38.9 Å². The van der Waals surface area contributed by atoms with E-state index in [0.29, 0.717) is 12.5 Å². The first-order valence-corrected chi connectivity index (χ1v) is 7.78. The number of nitrogens with one attached hydrogen (secondary N) is 1. The van der Waals surface area contributed by atoms with Crippen LogP contribution in [0.25, 0.3) is 0 Å². The Morgan fingerprint density at radius 2 is 2.00 bits per heavy atom. The maximum absolute atomic E-state index is 12.1. The van der Waals surface area contributed by atoms with Crippen molar-refractivity contribution in [2.75, 3.05) is 32.8 Å². The molecule has 20 heavy (non-hydrogen) atoms. The smallest absolute Gasteiger partial charge is 0.237 e. The summed E-state index contributed by atoms with van der Waals surface area (Å²) in [7, 11) is 0. The van der Waals surface area contributed by atoms with E-state index < -0.39 is 0 Å². The molecule has 0 aromatic carbocycles. The van der Waals surface area contributed by atoms with Crippen molar-refractivity contribution in [2.24, 2.45) is 5.92 Å². The lowest BCUT2D eigenvalue weighted by molar-refractivity contribution is -0.127. The molecule has 0 bridgehead atoms. The van der Waals surface area contributed by atoms with Crippen LogP contribution in [0.15, 0.2) is 0 Å². The number of carbonyl (C=O) groups excluding carboxylic acids is 1. The number of nitrogens with zero attached hydrogens (tertiary/aromatic N) is 1. The van der Waals surface area contributed by atoms with Crippen molar-refractivity contribution in [1.82, 2.24) is 10.2 Å². The van der Waals surface area contributed by atoms with Crippen LogP contribution in [0.2, 0.25) is 0 Å². The van der Waals surface area contributed by atoms with E-state index in [-0.39, 0.29) is 24.7 Å². The predicted molar refractivity (Wildman–Crippen MR) is 79.6 cm³/mol. The number of likely N-dealkylation sites (tertiary alicyclic amines) is 1. The van der Waals surface area contributed by atoms with Gasteiger partial charge in [0, 0.05) is 19.6 Å². The summed E-state index contributed by atoms with van der Waals surface area (Å²) in [4.78, 5) is 14.3. The lowest BCUT2D eigenvalue weighted by Gasteiger charge is -2.35. The number of hydrogen-bond donors (Lipinski definition) is 2. The molecule has 5 nitrogen and oxygen atoms in total. The number of aliphatic hydroxyl groups is 1. The van der Waals surface area contributed by atoms with Crippen LogP contribution in [0.4, 0.5) is 0 Å². The molecule has 1 fully saturated rings. The van der Waals surface area contributed by atoms with Gasteiger partial charge in [0.1, 0.15) is 0 Å². The van der Waals surface area contributed by atoms with Gasteiger partial charge >= 0.3 is 0 Å². The molecule has 118 valence electrons. The first-order chi connectivity index (χ1) is 9.54. The molecule has 1 unspecified atom stereocenters. The standard InChI is InChI=1S/C15H30N2O3/c1-12(2)4-7-16-15(19)13(3)17-8-5-14(6-9-17)20-11-10-18/h12-14,18H,4-11H2,1-3H3,(H,16,19). The fourth-order valence-electron chi connectivity index (χ4n) is 2.45. The molecule has 1 rings (SSSR count). The van der Waals surface area contributed by atoms with E-state index in [4.69, 9.17) is 9.84 Å². The van der Waals surface area contributed by atoms with Gasteiger partial charge in [-0.2, -0.15) is 0 Å². The third-order valence-corrected chi connectivity index (χ3v) is 3.87. The van der Waals surface area contributed by atoms with Crippen LogP contribution < -0.4 is 5.32 Å². The number of rotatable bonds is 8. The molecule has 1 amide bonds. The van der Waals surface area contributed by atoms with Crippen molar-refractivity contribution in [3.8, 4) is 0 Å². The lowest BCUT2D eigenvalue weighted by atomic mass is 10.1. The van der Waals surface area contributed by atoms with Crippen molar-refractivity contribution < 1.29 is 14.6 Å². The molecule has 0 radical (unpaired) electrons. The van der Waals surface area contributed by atoms with Crippen LogP contribution in [0.5, 0.6) is 0 Å². The summed E-state index contributed by atoms with van der Waals surface area (Å²) in [6.45, 7) is 9.31. The third-order valence-electron chi connectivity index (χ3n) is 3.87. The highest BCUT2D eigenvalue weighted by molar-refractivity contribution is 5.81. The van der Waals surface area contributed by atoms with Crippen molar-refractivity contribution in [3.05, 3.63) is 0 Å². The van der Waals surface area contributed by atoms with Crippen molar-refractivity contribution in [2.45, 2.75) is 52.2 Å². The zero-order chi connectivity index (χ0) is 15.0. The van der Waals surface area contributed by atoms with Gasteiger partial charge in [-0.15, -0.1) is 0 Å². The van der Waals surface area contributed by atoms with E-state index >= 15 is 0 Å². The summed E-state index contributed by atoms with van der Waals surface area (Å²) >= 11 is 0. The molecule has 0 aromatic heterocycles. The minimum absolute atomic E-state index is 0.0686. The molecule has 1 aliphatic heterocycles. The van der Waals surface area contributed by atoms with Crippen LogP contribution in [0.3, 0.4) is 0 Å². The molecule has 0 spiro atoms. The van der Waals surface area contributed by atoms with Crippen LogP contribution in [0, 0.1) is 5.92 Å². The molecular formula is C15H30N2O3. The van der Waals surface area contributed by atoms with E-state index in [1.54, 1.807) is 0 Å². The molecule has 0 saturated carbocycles. The number of amides is 1. The maximum Gasteiger partial charge on any atom is 0.237 e. The minimum Gasteiger partial charge on any atom is -0.394 e. The van der Waals surface area contributed by atoms with Gasteiger partial charge in [-0.25, -0.2) is 0 Å². The zero-order valence-electron chi connectivity index (χ0n) is 13.1. The van der Waals surface area contributed by atoms with Crippen LogP contribution in [-0.4, -0.2) is 60.9 Å². The second-order valence-electron chi connectivity index (χ2n) is 5.98. The van der Waals surface area contributed by atoms with E-state index in [2.05, 4.69) is 24.1 Å². The van der Waals surface area contributed by atoms with Gasteiger partial charge in [-0.05, 0) is 32.1 Å². The monoisotopic (exact) mass is 286 g/mol. The number of piperidine rings is 1. The summed E-state index contributed by atoms with van der Waals surface area (Å²) in [5.74, 6) is 0.741. The zero-order valence-corrected chi connectivity index (χ0v) is 13.1. The molecule has 1 aliphatic rings. The Balaban J connectivity index is 2.24. The number of aliphatic hydroxyl groups excluding tert-OH is 1. The molecule has 1 atom stereocenters. The third kappa shape index (κ3) is 6.20. The number of hydrogen-bond acceptors (Lipinski definition) is 4. The van der Waals surface area contributed by atoms with Crippen molar-refractivity contribution in [1.29, 1.82) is 0 Å². The molecule has 0 aromatic rings. The first kappa shape index (κ1) is 17.4. The fourth-order valence-corrected chi connectivity index (χ4v) is 2.45. The molecule has 1 saturated heterocycles. The highest BCUT2D eigenvalue weighted by Crippen LogP contribution is 2.16. The van der Waals surface area contributed by atoms with Gasteiger partial charge in [0.2, 0.25) is 5.91 Å². The SMILES string of the molecule is CC(C)CCNC(=O)C(C)N1CCC(OCCO)CC1. The highest BCUT2D eigenvalue weighted by atomic mass is 16.5. The van der Waals surface area contributed by atoms with Crippen molar-refractivity contribution in [3.63, 3.8) is 0 Å². The van der Waals surface area contributed by atoms with E-state index in [1.165, 1.54) is 0 Å². The van der Waals surface area contributed by atoms with E-state index in [1.807, 2.05) is 6.92 Å². The second kappa shape index (κ2) is 9.32. The Morgan fingerprint density at radius 1 is 1.35 bits per heavy atom. The molecule has 1 heterocycles. The maximum atomic E-state index is 12.1. The predicted octanol–water partition coefficient (Wildman–Crippen LogP) is 1.01. The Labute approximate surface area is 122 Å². The van der Waals surface area contributed by atoms with Crippen molar-refractivity contribution >= 4 is 5.91 Å². The Kier molecular flexibility index (Phi) is 8.11. The summed E-state index contributed by atoms with van der Waals surface area (Å²) in [5.41, 5.74) is 0. The Morgan fingerprint density at radius 3 is 2.55 bits per heavy atom. The van der Waals surface area contributed by atoms with Gasteiger partial charge in [0.25, 0.3) is 0 Å². The number of carbonyl (C=O) groups is 1. The first-order valence-electron chi connectivity index (χ1n) is 7.78. The van der Waals surface area contributed by atoms with E-state index in [9.17, 15) is 4.79 Å². The summed E-state index contributed by atoms with van der Waals surface area (Å²) in [6.07, 6.45) is 3.12. The molecular weight excluding hydrogens is 256 g/mol. The van der Waals surface area contributed by atoms with Gasteiger partial charge in [0.15, 0.2) is 0 Å². The number of ether oxygens (including phenoxy) is 1. The largest absolute Gasteiger partial charge is 0.394 e. The lowest BCUT2D eigenvalue weighted by Crippen LogP contribution is -2.49. The average Bonchev–Trinajstić information content (AvgIpc) is 2.44. The topological polar surface area (TPSA) is 61.8 Å². The van der Waals surface area contributed by atoms with Gasteiger partial charge < -0.3 is 15.2 Å². The quantitative estimate of drug-likeness (QED) is 0.699. The van der Waals surface area contributed by atoms with Crippen LogP contribution >= 0.6 is 0 Å². The second-order valence-corrected chi connectivity index (χ2v) is 5.98. The highest BCUT2D eigenvalue weighted by Gasteiger charge is 2.26. The summed E-state index contributed by atoms with van der Waals surface area (Å²) in [5, 5.41) is 11.8. The minimum atomic E-state index is -0.0686. The molecule has 2 N–H and O–H groups in total. The summed E-state index contributed by atoms with van der Waals surface area (Å²) in [6, 6.07) is -0.0686. The molecule has 5 heteroatoms. The summed E-state index contributed by atoms with van der Waals surface area (Å²) < 4.78 is 5.53. The molecule has 0 aliphatic carbocycles. The van der Waals surface area contributed by atoms with Gasteiger partial charge in [-0.1, -0.05) is 13.8 Å². The van der Waals surface area contributed by atoms with Crippen LogP contribution in [0.1, 0.15) is 40.0 Å². The van der Waals surface area contributed by atoms with Gasteiger partial charge in [-0.3, -0.25) is 9.69 Å².